The molecule has 0 aromatic heterocycles. The third-order valence-corrected chi connectivity index (χ3v) is 4.60. The second kappa shape index (κ2) is 12.8. The lowest BCUT2D eigenvalue weighted by Crippen LogP contribution is -2.41. The Kier molecular flexibility index (Phi) is 11.1. The smallest absolute Gasteiger partial charge is 0.237 e. The first kappa shape index (κ1) is 24.4. The van der Waals surface area contributed by atoms with Gasteiger partial charge in [0, 0.05) is 26.2 Å². The second-order valence-electron chi connectivity index (χ2n) is 6.72. The molecule has 2 aromatic carbocycles. The van der Waals surface area contributed by atoms with Crippen molar-refractivity contribution in [3.8, 4) is 0 Å². The number of morpholine rings is 1. The van der Waals surface area contributed by atoms with Crippen molar-refractivity contribution in [1.82, 2.24) is 10.2 Å². The maximum atomic E-state index is 12.3. The summed E-state index contributed by atoms with van der Waals surface area (Å²) in [6.07, 6.45) is 0.545. The first-order valence-corrected chi connectivity index (χ1v) is 9.16. The van der Waals surface area contributed by atoms with E-state index in [0.717, 1.165) is 44.0 Å². The van der Waals surface area contributed by atoms with Gasteiger partial charge < -0.3 is 15.8 Å². The molecule has 0 aliphatic carbocycles. The molecule has 1 heterocycles. The van der Waals surface area contributed by atoms with Gasteiger partial charge >= 0.3 is 0 Å². The number of carbonyl (C=O) groups excluding carboxylic acids is 1. The fourth-order valence-corrected chi connectivity index (χ4v) is 3.14. The Balaban J connectivity index is 0.00000196. The van der Waals surface area contributed by atoms with Crippen LogP contribution in [0.2, 0.25) is 0 Å². The molecule has 2 aromatic rings. The second-order valence-corrected chi connectivity index (χ2v) is 6.72. The Morgan fingerprint density at radius 3 is 2.36 bits per heavy atom. The van der Waals surface area contributed by atoms with Crippen LogP contribution >= 0.6 is 24.8 Å². The van der Waals surface area contributed by atoms with Crippen molar-refractivity contribution in [2.45, 2.75) is 25.6 Å². The maximum absolute atomic E-state index is 12.3. The fraction of sp³-hybridized carbons (Fsp3) is 0.381. The zero-order chi connectivity index (χ0) is 18.2. The molecule has 154 valence electrons. The van der Waals surface area contributed by atoms with E-state index in [2.05, 4.69) is 22.3 Å². The molecule has 0 saturated carbocycles. The Hall–Kier alpha value is -1.63. The van der Waals surface area contributed by atoms with Gasteiger partial charge in [-0.15, -0.1) is 24.8 Å². The zero-order valence-electron chi connectivity index (χ0n) is 15.9. The van der Waals surface area contributed by atoms with Gasteiger partial charge in [-0.1, -0.05) is 54.6 Å². The molecule has 0 spiro atoms. The van der Waals surface area contributed by atoms with E-state index in [9.17, 15) is 4.79 Å². The van der Waals surface area contributed by atoms with Crippen molar-refractivity contribution in [1.29, 1.82) is 0 Å². The summed E-state index contributed by atoms with van der Waals surface area (Å²) in [6.45, 7) is 4.95. The predicted octanol–water partition coefficient (Wildman–Crippen LogP) is 2.55. The number of hydrogen-bond acceptors (Lipinski definition) is 4. The lowest BCUT2D eigenvalue weighted by atomic mass is 10.1. The summed E-state index contributed by atoms with van der Waals surface area (Å²) in [4.78, 5) is 14.7. The van der Waals surface area contributed by atoms with Crippen LogP contribution in [0.3, 0.4) is 0 Å². The highest BCUT2D eigenvalue weighted by Gasteiger charge is 2.14. The van der Waals surface area contributed by atoms with E-state index < -0.39 is 6.04 Å². The first-order chi connectivity index (χ1) is 12.7. The van der Waals surface area contributed by atoms with Gasteiger partial charge in [0.15, 0.2) is 0 Å². The molecule has 5 nitrogen and oxygen atoms in total. The van der Waals surface area contributed by atoms with Gasteiger partial charge in [-0.3, -0.25) is 9.69 Å². The van der Waals surface area contributed by atoms with Crippen molar-refractivity contribution in [2.75, 3.05) is 26.3 Å². The summed E-state index contributed by atoms with van der Waals surface area (Å²) in [6, 6.07) is 17.7. The van der Waals surface area contributed by atoms with Crippen LogP contribution in [0, 0.1) is 0 Å². The summed E-state index contributed by atoms with van der Waals surface area (Å²) >= 11 is 0. The summed E-state index contributed by atoms with van der Waals surface area (Å²) in [5.41, 5.74) is 9.46. The van der Waals surface area contributed by atoms with Gasteiger partial charge in [-0.05, 0) is 23.1 Å². The number of carbonyl (C=O) groups is 1. The summed E-state index contributed by atoms with van der Waals surface area (Å²) in [5, 5.41) is 2.95. The van der Waals surface area contributed by atoms with E-state index in [1.54, 1.807) is 0 Å². The van der Waals surface area contributed by atoms with Crippen LogP contribution in [-0.2, 0) is 29.0 Å². The van der Waals surface area contributed by atoms with Crippen LogP contribution < -0.4 is 11.1 Å². The molecule has 0 bridgehead atoms. The third kappa shape index (κ3) is 7.78. The molecule has 1 aliphatic rings. The number of nitrogens with one attached hydrogen (secondary N) is 1. The van der Waals surface area contributed by atoms with E-state index in [0.29, 0.717) is 13.0 Å². The van der Waals surface area contributed by atoms with Crippen LogP contribution in [0.25, 0.3) is 0 Å². The minimum Gasteiger partial charge on any atom is -0.379 e. The van der Waals surface area contributed by atoms with Crippen LogP contribution in [0.15, 0.2) is 54.6 Å². The average Bonchev–Trinajstić information content (AvgIpc) is 2.68. The van der Waals surface area contributed by atoms with Gasteiger partial charge in [-0.2, -0.15) is 0 Å². The molecule has 1 amide bonds. The number of nitrogens with two attached hydrogens (primary N) is 1. The minimum absolute atomic E-state index is 0. The molecule has 1 aliphatic heterocycles. The molecular formula is C21H29Cl2N3O2. The molecule has 1 saturated heterocycles. The Bertz CT molecular complexity index is 710. The molecule has 28 heavy (non-hydrogen) atoms. The van der Waals surface area contributed by atoms with E-state index in [1.807, 2.05) is 42.5 Å². The van der Waals surface area contributed by atoms with Gasteiger partial charge in [0.25, 0.3) is 0 Å². The lowest BCUT2D eigenvalue weighted by Gasteiger charge is -2.26. The van der Waals surface area contributed by atoms with E-state index in [1.165, 1.54) is 5.56 Å². The maximum Gasteiger partial charge on any atom is 0.237 e. The van der Waals surface area contributed by atoms with Crippen molar-refractivity contribution in [2.24, 2.45) is 5.73 Å². The van der Waals surface area contributed by atoms with Crippen LogP contribution in [0.5, 0.6) is 0 Å². The highest BCUT2D eigenvalue weighted by atomic mass is 35.5. The highest BCUT2D eigenvalue weighted by Crippen LogP contribution is 2.10. The highest BCUT2D eigenvalue weighted by molar-refractivity contribution is 5.85. The molecule has 3 rings (SSSR count). The van der Waals surface area contributed by atoms with Crippen molar-refractivity contribution in [3.63, 3.8) is 0 Å². The van der Waals surface area contributed by atoms with Crippen molar-refractivity contribution >= 4 is 30.7 Å². The first-order valence-electron chi connectivity index (χ1n) is 9.16. The number of benzene rings is 2. The fourth-order valence-electron chi connectivity index (χ4n) is 3.14. The topological polar surface area (TPSA) is 67.6 Å². The van der Waals surface area contributed by atoms with Crippen molar-refractivity contribution < 1.29 is 9.53 Å². The molecule has 0 radical (unpaired) electrons. The number of hydrogen-bond donors (Lipinski definition) is 2. The zero-order valence-corrected chi connectivity index (χ0v) is 17.5. The lowest BCUT2D eigenvalue weighted by molar-refractivity contribution is -0.122. The third-order valence-electron chi connectivity index (χ3n) is 4.60. The van der Waals surface area contributed by atoms with Crippen LogP contribution in [-0.4, -0.2) is 43.2 Å². The molecule has 1 atom stereocenters. The van der Waals surface area contributed by atoms with Gasteiger partial charge in [-0.25, -0.2) is 0 Å². The number of rotatable bonds is 7. The quantitative estimate of drug-likeness (QED) is 0.714. The number of halogens is 2. The number of nitrogens with zero attached hydrogens (tertiary/aromatic N) is 1. The number of ether oxygens (including phenoxy) is 1. The van der Waals surface area contributed by atoms with Gasteiger partial charge in [0.05, 0.1) is 19.3 Å². The van der Waals surface area contributed by atoms with Gasteiger partial charge in [0.2, 0.25) is 5.91 Å². The summed E-state index contributed by atoms with van der Waals surface area (Å²) in [7, 11) is 0. The van der Waals surface area contributed by atoms with E-state index in [4.69, 9.17) is 10.5 Å². The van der Waals surface area contributed by atoms with Crippen LogP contribution in [0.4, 0.5) is 0 Å². The van der Waals surface area contributed by atoms with E-state index >= 15 is 0 Å². The van der Waals surface area contributed by atoms with E-state index in [-0.39, 0.29) is 30.7 Å². The van der Waals surface area contributed by atoms with Gasteiger partial charge in [0.1, 0.15) is 0 Å². The predicted molar refractivity (Wildman–Crippen MR) is 117 cm³/mol. The average molecular weight is 426 g/mol. The molecule has 7 heteroatoms. The molecule has 3 N–H and O–H groups in total. The largest absolute Gasteiger partial charge is 0.379 e. The Morgan fingerprint density at radius 1 is 1.00 bits per heavy atom. The minimum atomic E-state index is -0.533. The number of amides is 1. The molecule has 1 fully saturated rings. The normalized spacial score (nSPS) is 15.0. The SMILES string of the molecule is Cl.Cl.NC(Cc1ccccc1)C(=O)NCc1cccc(CN2CCOCC2)c1. The van der Waals surface area contributed by atoms with Crippen LogP contribution in [0.1, 0.15) is 16.7 Å². The summed E-state index contributed by atoms with van der Waals surface area (Å²) in [5.74, 6) is -0.118. The monoisotopic (exact) mass is 425 g/mol. The summed E-state index contributed by atoms with van der Waals surface area (Å²) < 4.78 is 5.39. The molecular weight excluding hydrogens is 397 g/mol. The Morgan fingerprint density at radius 2 is 1.64 bits per heavy atom. The molecule has 1 unspecified atom stereocenters. The standard InChI is InChI=1S/C21H27N3O2.2ClH/c22-20(14-17-5-2-1-3-6-17)21(25)23-15-18-7-4-8-19(13-18)16-24-9-11-26-12-10-24;;/h1-8,13,20H,9-12,14-16,22H2,(H,23,25);2*1H. The van der Waals surface area contributed by atoms with Crippen molar-refractivity contribution in [3.05, 3.63) is 71.3 Å². The Labute approximate surface area is 179 Å².